The van der Waals surface area contributed by atoms with Crippen LogP contribution in [-0.4, -0.2) is 14.5 Å². The molecular formula is C10H12ClN3. The van der Waals surface area contributed by atoms with Gasteiger partial charge in [0.25, 0.3) is 0 Å². The van der Waals surface area contributed by atoms with E-state index in [9.17, 15) is 0 Å². The molecule has 0 amide bonds. The van der Waals surface area contributed by atoms with E-state index < -0.39 is 0 Å². The second-order valence-electron chi connectivity index (χ2n) is 4.27. The van der Waals surface area contributed by atoms with Crippen molar-refractivity contribution in [3.05, 3.63) is 23.7 Å². The number of rotatable bonds is 0. The fourth-order valence-corrected chi connectivity index (χ4v) is 1.57. The Morgan fingerprint density at radius 2 is 2.07 bits per heavy atom. The van der Waals surface area contributed by atoms with Crippen LogP contribution in [0.1, 0.15) is 20.8 Å². The zero-order valence-electron chi connectivity index (χ0n) is 8.45. The minimum atomic E-state index is 0.0133. The Kier molecular flexibility index (Phi) is 2.00. The van der Waals surface area contributed by atoms with Crippen LogP contribution in [0.4, 0.5) is 0 Å². The standard InChI is InChI=1S/C10H12ClN3/c1-10(2,3)14-5-4-7-6-12-9(11)13-8(7)14/h4-6H,1-3H3. The van der Waals surface area contributed by atoms with Gasteiger partial charge in [-0.05, 0) is 38.4 Å². The minimum Gasteiger partial charge on any atom is -0.327 e. The Bertz CT molecular complexity index is 468. The maximum Gasteiger partial charge on any atom is 0.224 e. The van der Waals surface area contributed by atoms with Crippen molar-refractivity contribution in [2.24, 2.45) is 0 Å². The van der Waals surface area contributed by atoms with E-state index in [2.05, 4.69) is 35.3 Å². The van der Waals surface area contributed by atoms with Crippen molar-refractivity contribution in [3.63, 3.8) is 0 Å². The Labute approximate surface area is 87.7 Å². The highest BCUT2D eigenvalue weighted by Crippen LogP contribution is 2.22. The van der Waals surface area contributed by atoms with E-state index in [1.165, 1.54) is 0 Å². The summed E-state index contributed by atoms with van der Waals surface area (Å²) in [5.41, 5.74) is 0.900. The second kappa shape index (κ2) is 2.95. The SMILES string of the molecule is CC(C)(C)n1ccc2cnc(Cl)nc21. The quantitative estimate of drug-likeness (QED) is 0.625. The normalized spacial score (nSPS) is 12.3. The lowest BCUT2D eigenvalue weighted by Crippen LogP contribution is -2.20. The van der Waals surface area contributed by atoms with Crippen molar-refractivity contribution in [1.29, 1.82) is 0 Å². The number of aromatic nitrogens is 3. The molecule has 2 heterocycles. The fourth-order valence-electron chi connectivity index (χ4n) is 1.44. The van der Waals surface area contributed by atoms with Crippen LogP contribution in [0.15, 0.2) is 18.5 Å². The number of fused-ring (bicyclic) bond motifs is 1. The third-order valence-electron chi connectivity index (χ3n) is 2.12. The number of hydrogen-bond acceptors (Lipinski definition) is 2. The summed E-state index contributed by atoms with van der Waals surface area (Å²) in [6.45, 7) is 6.38. The van der Waals surface area contributed by atoms with Crippen LogP contribution in [0, 0.1) is 0 Å². The van der Waals surface area contributed by atoms with Crippen LogP contribution < -0.4 is 0 Å². The minimum absolute atomic E-state index is 0.0133. The second-order valence-corrected chi connectivity index (χ2v) is 4.61. The molecule has 0 aliphatic heterocycles. The van der Waals surface area contributed by atoms with Crippen molar-refractivity contribution in [2.45, 2.75) is 26.3 Å². The fraction of sp³-hybridized carbons (Fsp3) is 0.400. The van der Waals surface area contributed by atoms with Crippen LogP contribution in [-0.2, 0) is 5.54 Å². The summed E-state index contributed by atoms with van der Waals surface area (Å²) in [5, 5.41) is 1.31. The van der Waals surface area contributed by atoms with E-state index in [0.29, 0.717) is 5.28 Å². The summed E-state index contributed by atoms with van der Waals surface area (Å²) >= 11 is 5.76. The van der Waals surface area contributed by atoms with Gasteiger partial charge < -0.3 is 4.57 Å². The molecule has 3 nitrogen and oxygen atoms in total. The first kappa shape index (κ1) is 9.46. The summed E-state index contributed by atoms with van der Waals surface area (Å²) in [4.78, 5) is 8.16. The zero-order valence-corrected chi connectivity index (χ0v) is 9.21. The predicted molar refractivity (Wildman–Crippen MR) is 57.5 cm³/mol. The summed E-state index contributed by atoms with van der Waals surface area (Å²) in [6, 6.07) is 2.00. The van der Waals surface area contributed by atoms with Gasteiger partial charge in [-0.15, -0.1) is 0 Å². The molecule has 0 saturated carbocycles. The first-order valence-electron chi connectivity index (χ1n) is 4.48. The lowest BCUT2D eigenvalue weighted by atomic mass is 10.1. The summed E-state index contributed by atoms with van der Waals surface area (Å²) in [7, 11) is 0. The first-order chi connectivity index (χ1) is 6.48. The van der Waals surface area contributed by atoms with Gasteiger partial charge in [0.2, 0.25) is 5.28 Å². The van der Waals surface area contributed by atoms with Crippen molar-refractivity contribution >= 4 is 22.6 Å². The molecule has 0 spiro atoms. The summed E-state index contributed by atoms with van der Waals surface area (Å²) in [5.74, 6) is 0. The molecule has 0 atom stereocenters. The molecule has 0 aliphatic carbocycles. The molecular weight excluding hydrogens is 198 g/mol. The highest BCUT2D eigenvalue weighted by Gasteiger charge is 2.16. The lowest BCUT2D eigenvalue weighted by Gasteiger charge is -2.21. The topological polar surface area (TPSA) is 30.7 Å². The van der Waals surface area contributed by atoms with Gasteiger partial charge >= 0.3 is 0 Å². The Morgan fingerprint density at radius 3 is 2.71 bits per heavy atom. The summed E-state index contributed by atoms with van der Waals surface area (Å²) in [6.07, 6.45) is 3.75. The van der Waals surface area contributed by atoms with Gasteiger partial charge in [0.15, 0.2) is 0 Å². The average molecular weight is 210 g/mol. The van der Waals surface area contributed by atoms with E-state index in [0.717, 1.165) is 11.0 Å². The highest BCUT2D eigenvalue weighted by atomic mass is 35.5. The Hall–Kier alpha value is -1.09. The Balaban J connectivity index is 2.73. The molecule has 2 aromatic rings. The molecule has 0 N–H and O–H groups in total. The van der Waals surface area contributed by atoms with Gasteiger partial charge in [-0.25, -0.2) is 4.98 Å². The third kappa shape index (κ3) is 1.48. The first-order valence-corrected chi connectivity index (χ1v) is 4.86. The monoisotopic (exact) mass is 209 g/mol. The van der Waals surface area contributed by atoms with Crippen LogP contribution in [0.3, 0.4) is 0 Å². The largest absolute Gasteiger partial charge is 0.327 e. The maximum absolute atomic E-state index is 5.76. The molecule has 0 aromatic carbocycles. The highest BCUT2D eigenvalue weighted by molar-refractivity contribution is 6.28. The van der Waals surface area contributed by atoms with Crippen molar-refractivity contribution in [1.82, 2.24) is 14.5 Å². The van der Waals surface area contributed by atoms with Crippen LogP contribution in [0.2, 0.25) is 5.28 Å². The third-order valence-corrected chi connectivity index (χ3v) is 2.30. The molecule has 2 rings (SSSR count). The zero-order chi connectivity index (χ0) is 10.3. The van der Waals surface area contributed by atoms with Gasteiger partial charge in [0.05, 0.1) is 0 Å². The average Bonchev–Trinajstić information content (AvgIpc) is 2.45. The molecule has 0 unspecified atom stereocenters. The van der Waals surface area contributed by atoms with E-state index in [-0.39, 0.29) is 5.54 Å². The van der Waals surface area contributed by atoms with Gasteiger partial charge in [-0.1, -0.05) is 0 Å². The van der Waals surface area contributed by atoms with Crippen LogP contribution in [0.5, 0.6) is 0 Å². The molecule has 14 heavy (non-hydrogen) atoms. The van der Waals surface area contributed by atoms with Crippen molar-refractivity contribution in [3.8, 4) is 0 Å². The molecule has 2 aromatic heterocycles. The number of halogens is 1. The molecule has 0 saturated heterocycles. The Morgan fingerprint density at radius 1 is 1.36 bits per heavy atom. The van der Waals surface area contributed by atoms with E-state index in [4.69, 9.17) is 11.6 Å². The van der Waals surface area contributed by atoms with Crippen molar-refractivity contribution < 1.29 is 0 Å². The van der Waals surface area contributed by atoms with Gasteiger partial charge in [0.1, 0.15) is 5.65 Å². The lowest BCUT2D eigenvalue weighted by molar-refractivity contribution is 0.408. The van der Waals surface area contributed by atoms with Crippen molar-refractivity contribution in [2.75, 3.05) is 0 Å². The van der Waals surface area contributed by atoms with Gasteiger partial charge in [0, 0.05) is 23.3 Å². The van der Waals surface area contributed by atoms with Crippen LogP contribution in [0.25, 0.3) is 11.0 Å². The smallest absolute Gasteiger partial charge is 0.224 e. The van der Waals surface area contributed by atoms with Crippen LogP contribution >= 0.6 is 11.6 Å². The van der Waals surface area contributed by atoms with E-state index in [1.807, 2.05) is 12.3 Å². The molecule has 0 radical (unpaired) electrons. The van der Waals surface area contributed by atoms with E-state index in [1.54, 1.807) is 6.20 Å². The van der Waals surface area contributed by atoms with Gasteiger partial charge in [-0.3, -0.25) is 0 Å². The maximum atomic E-state index is 5.76. The molecule has 0 fully saturated rings. The molecule has 74 valence electrons. The molecule has 4 heteroatoms. The number of hydrogen-bond donors (Lipinski definition) is 0. The van der Waals surface area contributed by atoms with Gasteiger partial charge in [-0.2, -0.15) is 4.98 Å². The molecule has 0 bridgehead atoms. The molecule has 0 aliphatic rings. The predicted octanol–water partition coefficient (Wildman–Crippen LogP) is 2.84. The number of nitrogens with zero attached hydrogens (tertiary/aromatic N) is 3. The van der Waals surface area contributed by atoms with E-state index >= 15 is 0 Å². The summed E-state index contributed by atoms with van der Waals surface area (Å²) < 4.78 is 2.09.